The number of aromatic nitrogens is 2. The van der Waals surface area contributed by atoms with E-state index in [-0.39, 0.29) is 18.0 Å². The van der Waals surface area contributed by atoms with E-state index < -0.39 is 0 Å². The third-order valence-electron chi connectivity index (χ3n) is 4.63. The molecule has 1 aliphatic heterocycles. The summed E-state index contributed by atoms with van der Waals surface area (Å²) in [6, 6.07) is 8.51. The Bertz CT molecular complexity index is 810. The molecule has 8 heteroatoms. The zero-order valence-electron chi connectivity index (χ0n) is 16.3. The van der Waals surface area contributed by atoms with Crippen LogP contribution in [0.25, 0.3) is 0 Å². The first-order valence-corrected chi connectivity index (χ1v) is 9.57. The van der Waals surface area contributed by atoms with Crippen molar-refractivity contribution in [3.8, 4) is 0 Å². The Morgan fingerprint density at radius 2 is 2.00 bits per heavy atom. The summed E-state index contributed by atoms with van der Waals surface area (Å²) in [5.74, 6) is -0.142. The van der Waals surface area contributed by atoms with E-state index in [1.165, 1.54) is 0 Å². The van der Waals surface area contributed by atoms with Crippen LogP contribution >= 0.6 is 0 Å². The SMILES string of the molecule is Cc1cc(C)n(CCNC(=O)Nc2ccc(C(=O)NC[C@@H]3CCCO3)cc2)n1. The lowest BCUT2D eigenvalue weighted by molar-refractivity contribution is 0.0858. The molecule has 3 amide bonds. The van der Waals surface area contributed by atoms with E-state index in [9.17, 15) is 9.59 Å². The fourth-order valence-electron chi connectivity index (χ4n) is 3.17. The molecular weight excluding hydrogens is 358 g/mol. The first kappa shape index (κ1) is 19.9. The van der Waals surface area contributed by atoms with Crippen LogP contribution in [0.2, 0.25) is 0 Å². The molecule has 2 heterocycles. The van der Waals surface area contributed by atoms with Crippen LogP contribution in [0.3, 0.4) is 0 Å². The molecule has 0 unspecified atom stereocenters. The van der Waals surface area contributed by atoms with Gasteiger partial charge in [0.25, 0.3) is 5.91 Å². The number of urea groups is 1. The van der Waals surface area contributed by atoms with Gasteiger partial charge in [-0.05, 0) is 57.0 Å². The van der Waals surface area contributed by atoms with Crippen LogP contribution in [0.15, 0.2) is 30.3 Å². The van der Waals surface area contributed by atoms with Crippen LogP contribution in [-0.4, -0.2) is 47.5 Å². The predicted octanol–water partition coefficient (Wildman–Crippen LogP) is 2.23. The molecule has 1 atom stereocenters. The van der Waals surface area contributed by atoms with Crippen molar-refractivity contribution >= 4 is 17.6 Å². The third-order valence-corrected chi connectivity index (χ3v) is 4.63. The van der Waals surface area contributed by atoms with Crippen molar-refractivity contribution in [2.24, 2.45) is 0 Å². The molecule has 150 valence electrons. The zero-order chi connectivity index (χ0) is 19.9. The lowest BCUT2D eigenvalue weighted by Gasteiger charge is -2.11. The molecule has 1 aromatic carbocycles. The summed E-state index contributed by atoms with van der Waals surface area (Å²) in [5.41, 5.74) is 3.20. The molecule has 0 spiro atoms. The minimum atomic E-state index is -0.294. The highest BCUT2D eigenvalue weighted by molar-refractivity contribution is 5.95. The first-order chi connectivity index (χ1) is 13.5. The smallest absolute Gasteiger partial charge is 0.319 e. The lowest BCUT2D eigenvalue weighted by atomic mass is 10.2. The number of hydrogen-bond acceptors (Lipinski definition) is 4. The Balaban J connectivity index is 1.40. The van der Waals surface area contributed by atoms with E-state index in [0.717, 1.165) is 30.8 Å². The number of benzene rings is 1. The van der Waals surface area contributed by atoms with Crippen LogP contribution in [0, 0.1) is 13.8 Å². The molecule has 0 aliphatic carbocycles. The number of nitrogens with one attached hydrogen (secondary N) is 3. The number of carbonyl (C=O) groups excluding carboxylic acids is 2. The highest BCUT2D eigenvalue weighted by Gasteiger charge is 2.16. The van der Waals surface area contributed by atoms with E-state index in [4.69, 9.17) is 4.74 Å². The lowest BCUT2D eigenvalue weighted by Crippen LogP contribution is -2.32. The van der Waals surface area contributed by atoms with Gasteiger partial charge in [-0.3, -0.25) is 9.48 Å². The molecule has 0 radical (unpaired) electrons. The van der Waals surface area contributed by atoms with E-state index in [1.54, 1.807) is 24.3 Å². The molecule has 3 rings (SSSR count). The van der Waals surface area contributed by atoms with Gasteiger partial charge in [-0.15, -0.1) is 0 Å². The van der Waals surface area contributed by atoms with Crippen LogP contribution < -0.4 is 16.0 Å². The monoisotopic (exact) mass is 385 g/mol. The number of ether oxygens (including phenoxy) is 1. The maximum Gasteiger partial charge on any atom is 0.319 e. The quantitative estimate of drug-likeness (QED) is 0.681. The number of aryl methyl sites for hydroxylation is 2. The molecule has 2 aromatic rings. The Labute approximate surface area is 164 Å². The Kier molecular flexibility index (Phi) is 6.65. The van der Waals surface area contributed by atoms with Gasteiger partial charge in [0.2, 0.25) is 0 Å². The van der Waals surface area contributed by atoms with Crippen LogP contribution in [-0.2, 0) is 11.3 Å². The largest absolute Gasteiger partial charge is 0.376 e. The molecule has 1 aliphatic rings. The van der Waals surface area contributed by atoms with E-state index in [2.05, 4.69) is 21.0 Å². The maximum absolute atomic E-state index is 12.2. The summed E-state index contributed by atoms with van der Waals surface area (Å²) >= 11 is 0. The second-order valence-corrected chi connectivity index (χ2v) is 6.95. The predicted molar refractivity (Wildman–Crippen MR) is 106 cm³/mol. The Morgan fingerprint density at radius 1 is 1.21 bits per heavy atom. The van der Waals surface area contributed by atoms with Gasteiger partial charge in [-0.1, -0.05) is 0 Å². The summed E-state index contributed by atoms with van der Waals surface area (Å²) in [4.78, 5) is 24.2. The standard InChI is InChI=1S/C20H27N5O3/c1-14-12-15(2)25(24-14)10-9-21-20(27)23-17-7-5-16(6-8-17)19(26)22-13-18-4-3-11-28-18/h5-8,12,18H,3-4,9-11,13H2,1-2H3,(H,22,26)(H2,21,23,27)/t18-/m0/s1. The molecule has 1 saturated heterocycles. The molecule has 8 nitrogen and oxygen atoms in total. The summed E-state index contributed by atoms with van der Waals surface area (Å²) in [7, 11) is 0. The fourth-order valence-corrected chi connectivity index (χ4v) is 3.17. The van der Waals surface area contributed by atoms with Crippen LogP contribution in [0.5, 0.6) is 0 Å². The van der Waals surface area contributed by atoms with Crippen molar-refractivity contribution in [1.82, 2.24) is 20.4 Å². The van der Waals surface area contributed by atoms with Crippen molar-refractivity contribution in [1.29, 1.82) is 0 Å². The van der Waals surface area contributed by atoms with Crippen molar-refractivity contribution < 1.29 is 14.3 Å². The molecular formula is C20H27N5O3. The summed E-state index contributed by atoms with van der Waals surface area (Å²) < 4.78 is 7.36. The number of amides is 3. The van der Waals surface area contributed by atoms with Gasteiger partial charge in [-0.25, -0.2) is 4.79 Å². The minimum Gasteiger partial charge on any atom is -0.376 e. The van der Waals surface area contributed by atoms with E-state index in [1.807, 2.05) is 24.6 Å². The highest BCUT2D eigenvalue weighted by Crippen LogP contribution is 2.12. The van der Waals surface area contributed by atoms with Crippen LogP contribution in [0.1, 0.15) is 34.6 Å². The second-order valence-electron chi connectivity index (χ2n) is 6.95. The average Bonchev–Trinajstić information content (AvgIpc) is 3.30. The second kappa shape index (κ2) is 9.36. The molecule has 3 N–H and O–H groups in total. The number of anilines is 1. The van der Waals surface area contributed by atoms with Gasteiger partial charge in [0, 0.05) is 36.6 Å². The minimum absolute atomic E-state index is 0.114. The maximum atomic E-state index is 12.2. The first-order valence-electron chi connectivity index (χ1n) is 9.57. The third kappa shape index (κ3) is 5.56. The Hall–Kier alpha value is -2.87. The number of hydrogen-bond donors (Lipinski definition) is 3. The van der Waals surface area contributed by atoms with E-state index in [0.29, 0.717) is 30.9 Å². The normalized spacial score (nSPS) is 16.0. The van der Waals surface area contributed by atoms with Gasteiger partial charge < -0.3 is 20.7 Å². The average molecular weight is 385 g/mol. The van der Waals surface area contributed by atoms with Gasteiger partial charge >= 0.3 is 6.03 Å². The van der Waals surface area contributed by atoms with Gasteiger partial charge in [-0.2, -0.15) is 5.10 Å². The number of rotatable bonds is 7. The Morgan fingerprint density at radius 3 is 2.64 bits per heavy atom. The van der Waals surface area contributed by atoms with Gasteiger partial charge in [0.05, 0.1) is 18.3 Å². The molecule has 0 saturated carbocycles. The van der Waals surface area contributed by atoms with Crippen molar-refractivity contribution in [3.63, 3.8) is 0 Å². The van der Waals surface area contributed by atoms with Crippen LogP contribution in [0.4, 0.5) is 10.5 Å². The summed E-state index contributed by atoms with van der Waals surface area (Å²) in [6.07, 6.45) is 2.14. The molecule has 0 bridgehead atoms. The zero-order valence-corrected chi connectivity index (χ0v) is 16.3. The van der Waals surface area contributed by atoms with Crippen molar-refractivity contribution in [3.05, 3.63) is 47.3 Å². The van der Waals surface area contributed by atoms with Crippen molar-refractivity contribution in [2.75, 3.05) is 25.0 Å². The van der Waals surface area contributed by atoms with Crippen molar-refractivity contribution in [2.45, 2.75) is 39.3 Å². The van der Waals surface area contributed by atoms with Gasteiger partial charge in [0.15, 0.2) is 0 Å². The molecule has 28 heavy (non-hydrogen) atoms. The summed E-state index contributed by atoms with van der Waals surface area (Å²) in [6.45, 7) is 6.30. The number of carbonyl (C=O) groups is 2. The molecule has 1 aromatic heterocycles. The molecule has 1 fully saturated rings. The topological polar surface area (TPSA) is 97.3 Å². The highest BCUT2D eigenvalue weighted by atomic mass is 16.5. The van der Waals surface area contributed by atoms with Gasteiger partial charge in [0.1, 0.15) is 0 Å². The fraction of sp³-hybridized carbons (Fsp3) is 0.450. The summed E-state index contributed by atoms with van der Waals surface area (Å²) in [5, 5.41) is 12.8. The van der Waals surface area contributed by atoms with E-state index >= 15 is 0 Å². The number of nitrogens with zero attached hydrogens (tertiary/aromatic N) is 2.